The largest absolute Gasteiger partial charge is 0.393 e. The van der Waals surface area contributed by atoms with Gasteiger partial charge in [0.1, 0.15) is 0 Å². The normalized spacial score (nSPS) is 25.4. The molecule has 0 saturated heterocycles. The number of benzene rings is 1. The highest BCUT2D eigenvalue weighted by molar-refractivity contribution is 9.10. The number of hydrogen-bond acceptors (Lipinski definition) is 1. The molecule has 1 N–H and O–H groups in total. The molecule has 112 valence electrons. The second kappa shape index (κ2) is 6.48. The Morgan fingerprint density at radius 2 is 1.75 bits per heavy atom. The minimum Gasteiger partial charge on any atom is -0.307 e. The van der Waals surface area contributed by atoms with E-state index in [9.17, 15) is 13.2 Å². The number of rotatable bonds is 3. The van der Waals surface area contributed by atoms with Crippen LogP contribution in [0.2, 0.25) is 0 Å². The Labute approximate surface area is 126 Å². The lowest BCUT2D eigenvalue weighted by Gasteiger charge is -2.35. The third kappa shape index (κ3) is 3.98. The summed E-state index contributed by atoms with van der Waals surface area (Å²) in [5.41, 5.74) is 1.01. The smallest absolute Gasteiger partial charge is 0.307 e. The lowest BCUT2D eigenvalue weighted by Crippen LogP contribution is -2.46. The van der Waals surface area contributed by atoms with Crippen molar-refractivity contribution in [3.63, 3.8) is 0 Å². The van der Waals surface area contributed by atoms with Gasteiger partial charge < -0.3 is 5.32 Å². The quantitative estimate of drug-likeness (QED) is 0.788. The van der Waals surface area contributed by atoms with Crippen LogP contribution in [0.5, 0.6) is 0 Å². The molecule has 3 atom stereocenters. The first kappa shape index (κ1) is 15.8. The molecule has 1 aliphatic carbocycles. The van der Waals surface area contributed by atoms with Gasteiger partial charge in [0, 0.05) is 16.6 Å². The fourth-order valence-electron chi connectivity index (χ4n) is 2.89. The molecule has 0 aliphatic heterocycles. The van der Waals surface area contributed by atoms with Crippen molar-refractivity contribution < 1.29 is 13.2 Å². The van der Waals surface area contributed by atoms with E-state index in [0.717, 1.165) is 16.5 Å². The van der Waals surface area contributed by atoms with Crippen LogP contribution in [-0.2, 0) is 0 Å². The fraction of sp³-hybridized carbons (Fsp3) is 0.600. The van der Waals surface area contributed by atoms with E-state index in [4.69, 9.17) is 0 Å². The van der Waals surface area contributed by atoms with Crippen molar-refractivity contribution in [3.05, 3.63) is 34.3 Å². The molecule has 1 aromatic rings. The van der Waals surface area contributed by atoms with Crippen LogP contribution < -0.4 is 5.32 Å². The van der Waals surface area contributed by atoms with Crippen LogP contribution >= 0.6 is 15.9 Å². The van der Waals surface area contributed by atoms with E-state index < -0.39 is 18.1 Å². The van der Waals surface area contributed by atoms with Crippen molar-refractivity contribution in [1.29, 1.82) is 0 Å². The van der Waals surface area contributed by atoms with Crippen molar-refractivity contribution in [2.45, 2.75) is 50.9 Å². The van der Waals surface area contributed by atoms with Crippen LogP contribution in [0.3, 0.4) is 0 Å². The van der Waals surface area contributed by atoms with E-state index in [0.29, 0.717) is 12.8 Å². The summed E-state index contributed by atoms with van der Waals surface area (Å²) in [5.74, 6) is -1.21. The molecule has 5 heteroatoms. The molecule has 0 amide bonds. The Morgan fingerprint density at radius 3 is 2.35 bits per heavy atom. The van der Waals surface area contributed by atoms with Crippen molar-refractivity contribution in [2.24, 2.45) is 5.92 Å². The summed E-state index contributed by atoms with van der Waals surface area (Å²) in [5, 5.41) is 3.18. The third-order valence-electron chi connectivity index (χ3n) is 4.02. The van der Waals surface area contributed by atoms with Crippen LogP contribution in [0.15, 0.2) is 28.7 Å². The predicted molar refractivity (Wildman–Crippen MR) is 77.5 cm³/mol. The standard InChI is InChI=1S/C15H19BrF3N/c1-10(11-6-8-12(16)9-7-11)20-14-5-3-2-4-13(14)15(17,18)19/h6-10,13-14,20H,2-5H2,1H3. The predicted octanol–water partition coefficient (Wildman–Crippen LogP) is 5.22. The first-order valence-corrected chi connectivity index (χ1v) is 7.75. The number of alkyl halides is 3. The highest BCUT2D eigenvalue weighted by atomic mass is 79.9. The fourth-order valence-corrected chi connectivity index (χ4v) is 3.16. The molecule has 1 aliphatic rings. The summed E-state index contributed by atoms with van der Waals surface area (Å²) in [6, 6.07) is 7.16. The maximum Gasteiger partial charge on any atom is 0.393 e. The zero-order valence-electron chi connectivity index (χ0n) is 11.4. The van der Waals surface area contributed by atoms with Gasteiger partial charge in [-0.05, 0) is 37.5 Å². The van der Waals surface area contributed by atoms with Gasteiger partial charge in [-0.3, -0.25) is 0 Å². The van der Waals surface area contributed by atoms with E-state index in [1.807, 2.05) is 31.2 Å². The lowest BCUT2D eigenvalue weighted by molar-refractivity contribution is -0.189. The van der Waals surface area contributed by atoms with Gasteiger partial charge in [0.15, 0.2) is 0 Å². The molecule has 0 heterocycles. The molecule has 1 aromatic carbocycles. The Kier molecular flexibility index (Phi) is 5.13. The van der Waals surface area contributed by atoms with Crippen molar-refractivity contribution in [3.8, 4) is 0 Å². The Bertz CT molecular complexity index is 430. The molecule has 0 radical (unpaired) electrons. The summed E-state index contributed by atoms with van der Waals surface area (Å²) >= 11 is 3.36. The molecule has 0 bridgehead atoms. The SMILES string of the molecule is CC(NC1CCCCC1C(F)(F)F)c1ccc(Br)cc1. The Hall–Kier alpha value is -0.550. The zero-order chi connectivity index (χ0) is 14.8. The highest BCUT2D eigenvalue weighted by Crippen LogP contribution is 2.38. The zero-order valence-corrected chi connectivity index (χ0v) is 13.0. The van der Waals surface area contributed by atoms with E-state index in [1.165, 1.54) is 0 Å². The van der Waals surface area contributed by atoms with E-state index in [2.05, 4.69) is 21.2 Å². The van der Waals surface area contributed by atoms with E-state index in [-0.39, 0.29) is 12.5 Å². The third-order valence-corrected chi connectivity index (χ3v) is 4.55. The second-order valence-corrected chi connectivity index (χ2v) is 6.39. The number of nitrogens with one attached hydrogen (secondary N) is 1. The van der Waals surface area contributed by atoms with Gasteiger partial charge >= 0.3 is 6.18 Å². The molecule has 1 saturated carbocycles. The van der Waals surface area contributed by atoms with Crippen LogP contribution in [0.4, 0.5) is 13.2 Å². The Balaban J connectivity index is 2.05. The van der Waals surface area contributed by atoms with E-state index >= 15 is 0 Å². The summed E-state index contributed by atoms with van der Waals surface area (Å²) in [6.07, 6.45) is -1.71. The van der Waals surface area contributed by atoms with Gasteiger partial charge in [-0.1, -0.05) is 40.9 Å². The molecular weight excluding hydrogens is 331 g/mol. The molecular formula is C15H19BrF3N. The number of hydrogen-bond donors (Lipinski definition) is 1. The summed E-state index contributed by atoms with van der Waals surface area (Å²) in [7, 11) is 0. The van der Waals surface area contributed by atoms with Gasteiger partial charge in [0.05, 0.1) is 5.92 Å². The van der Waals surface area contributed by atoms with Crippen LogP contribution in [-0.4, -0.2) is 12.2 Å². The van der Waals surface area contributed by atoms with Gasteiger partial charge in [-0.15, -0.1) is 0 Å². The van der Waals surface area contributed by atoms with E-state index in [1.54, 1.807) is 0 Å². The van der Waals surface area contributed by atoms with Crippen LogP contribution in [0, 0.1) is 5.92 Å². The molecule has 3 unspecified atom stereocenters. The summed E-state index contributed by atoms with van der Waals surface area (Å²) in [4.78, 5) is 0. The first-order chi connectivity index (χ1) is 9.38. The minimum absolute atomic E-state index is 0.0731. The van der Waals surface area contributed by atoms with Gasteiger partial charge in [-0.2, -0.15) is 13.2 Å². The first-order valence-electron chi connectivity index (χ1n) is 6.96. The van der Waals surface area contributed by atoms with Crippen molar-refractivity contribution in [2.75, 3.05) is 0 Å². The maximum atomic E-state index is 13.1. The molecule has 0 spiro atoms. The van der Waals surface area contributed by atoms with Crippen molar-refractivity contribution >= 4 is 15.9 Å². The monoisotopic (exact) mass is 349 g/mol. The van der Waals surface area contributed by atoms with Gasteiger partial charge in [0.2, 0.25) is 0 Å². The summed E-state index contributed by atoms with van der Waals surface area (Å²) in [6.45, 7) is 1.92. The molecule has 1 fully saturated rings. The molecule has 2 rings (SSSR count). The maximum absolute atomic E-state index is 13.1. The average Bonchev–Trinajstić information content (AvgIpc) is 2.38. The van der Waals surface area contributed by atoms with Crippen molar-refractivity contribution in [1.82, 2.24) is 5.32 Å². The highest BCUT2D eigenvalue weighted by Gasteiger charge is 2.45. The molecule has 1 nitrogen and oxygen atoms in total. The summed E-state index contributed by atoms with van der Waals surface area (Å²) < 4.78 is 40.1. The second-order valence-electron chi connectivity index (χ2n) is 5.48. The van der Waals surface area contributed by atoms with Crippen LogP contribution in [0.1, 0.15) is 44.2 Å². The minimum atomic E-state index is -4.10. The topological polar surface area (TPSA) is 12.0 Å². The van der Waals surface area contributed by atoms with Gasteiger partial charge in [-0.25, -0.2) is 0 Å². The van der Waals surface area contributed by atoms with Gasteiger partial charge in [0.25, 0.3) is 0 Å². The van der Waals surface area contributed by atoms with Crippen LogP contribution in [0.25, 0.3) is 0 Å². The average molecular weight is 350 g/mol. The molecule has 20 heavy (non-hydrogen) atoms. The number of halogens is 4. The lowest BCUT2D eigenvalue weighted by atomic mass is 9.83. The molecule has 0 aromatic heterocycles. The Morgan fingerprint density at radius 1 is 1.15 bits per heavy atom.